The van der Waals surface area contributed by atoms with Crippen LogP contribution in [0.5, 0.6) is 0 Å². The SMILES string of the molecule is CC(=O)Nc1cc(C(=O)N2C[C@H](F)C[C@H]2C(=O)N[C@@H](c2ccccc2)c2ccc(C(C)C)cc2)ccn1. The van der Waals surface area contributed by atoms with Crippen molar-refractivity contribution in [1.82, 2.24) is 15.2 Å². The van der Waals surface area contributed by atoms with Crippen molar-refractivity contribution < 1.29 is 18.8 Å². The van der Waals surface area contributed by atoms with Crippen LogP contribution in [0, 0.1) is 0 Å². The summed E-state index contributed by atoms with van der Waals surface area (Å²) in [5.74, 6) is -0.659. The highest BCUT2D eigenvalue weighted by atomic mass is 19.1. The van der Waals surface area contributed by atoms with E-state index in [4.69, 9.17) is 0 Å². The smallest absolute Gasteiger partial charge is 0.254 e. The number of anilines is 1. The number of carbonyl (C=O) groups excluding carboxylic acids is 3. The van der Waals surface area contributed by atoms with Gasteiger partial charge >= 0.3 is 0 Å². The number of likely N-dealkylation sites (tertiary alicyclic amines) is 1. The largest absolute Gasteiger partial charge is 0.343 e. The lowest BCUT2D eigenvalue weighted by Gasteiger charge is -2.27. The van der Waals surface area contributed by atoms with Gasteiger partial charge in [-0.2, -0.15) is 0 Å². The number of amides is 3. The summed E-state index contributed by atoms with van der Waals surface area (Å²) in [4.78, 5) is 43.5. The number of nitrogens with one attached hydrogen (secondary N) is 2. The first-order valence-corrected chi connectivity index (χ1v) is 12.4. The van der Waals surface area contributed by atoms with Gasteiger partial charge in [0.25, 0.3) is 5.91 Å². The molecule has 2 heterocycles. The van der Waals surface area contributed by atoms with Gasteiger partial charge in [-0.15, -0.1) is 0 Å². The Morgan fingerprint density at radius 3 is 2.27 bits per heavy atom. The Labute approximate surface area is 216 Å². The molecule has 2 N–H and O–H groups in total. The first-order chi connectivity index (χ1) is 17.7. The number of hydrogen-bond donors (Lipinski definition) is 2. The molecule has 0 saturated carbocycles. The van der Waals surface area contributed by atoms with Gasteiger partial charge in [-0.05, 0) is 34.7 Å². The van der Waals surface area contributed by atoms with Crippen molar-refractivity contribution in [1.29, 1.82) is 0 Å². The van der Waals surface area contributed by atoms with Gasteiger partial charge in [-0.1, -0.05) is 68.4 Å². The van der Waals surface area contributed by atoms with Crippen molar-refractivity contribution in [3.8, 4) is 0 Å². The van der Waals surface area contributed by atoms with Gasteiger partial charge in [0.15, 0.2) is 0 Å². The molecule has 3 atom stereocenters. The van der Waals surface area contributed by atoms with Gasteiger partial charge in [-0.25, -0.2) is 9.37 Å². The summed E-state index contributed by atoms with van der Waals surface area (Å²) in [6, 6.07) is 19.1. The molecule has 0 spiro atoms. The Balaban J connectivity index is 1.59. The third kappa shape index (κ3) is 6.20. The number of halogens is 1. The van der Waals surface area contributed by atoms with E-state index in [0.717, 1.165) is 11.1 Å². The number of alkyl halides is 1. The average Bonchev–Trinajstić information content (AvgIpc) is 3.28. The molecule has 8 heteroatoms. The van der Waals surface area contributed by atoms with E-state index >= 15 is 0 Å². The van der Waals surface area contributed by atoms with Gasteiger partial charge in [0.05, 0.1) is 12.6 Å². The molecule has 1 aliphatic rings. The molecule has 1 saturated heterocycles. The zero-order chi connectivity index (χ0) is 26.5. The topological polar surface area (TPSA) is 91.4 Å². The molecule has 4 rings (SSSR count). The highest BCUT2D eigenvalue weighted by Gasteiger charge is 2.41. The summed E-state index contributed by atoms with van der Waals surface area (Å²) < 4.78 is 14.6. The molecule has 37 heavy (non-hydrogen) atoms. The van der Waals surface area contributed by atoms with Crippen LogP contribution in [0.4, 0.5) is 10.2 Å². The second-order valence-corrected chi connectivity index (χ2v) is 9.59. The van der Waals surface area contributed by atoms with E-state index in [-0.39, 0.29) is 30.3 Å². The number of nitrogens with zero attached hydrogens (tertiary/aromatic N) is 2. The highest BCUT2D eigenvalue weighted by molar-refractivity contribution is 5.99. The summed E-state index contributed by atoms with van der Waals surface area (Å²) in [5, 5.41) is 5.60. The molecule has 1 aliphatic heterocycles. The normalized spacial score (nSPS) is 17.9. The number of aromatic nitrogens is 1. The van der Waals surface area contributed by atoms with Gasteiger partial charge in [-0.3, -0.25) is 14.4 Å². The van der Waals surface area contributed by atoms with Crippen molar-refractivity contribution in [2.45, 2.75) is 51.4 Å². The predicted molar refractivity (Wildman–Crippen MR) is 140 cm³/mol. The van der Waals surface area contributed by atoms with Crippen LogP contribution in [0.1, 0.15) is 66.2 Å². The zero-order valence-corrected chi connectivity index (χ0v) is 21.1. The monoisotopic (exact) mass is 502 g/mol. The van der Waals surface area contributed by atoms with Crippen LogP contribution < -0.4 is 10.6 Å². The fourth-order valence-corrected chi connectivity index (χ4v) is 4.55. The molecule has 192 valence electrons. The lowest BCUT2D eigenvalue weighted by atomic mass is 9.95. The Morgan fingerprint density at radius 2 is 1.62 bits per heavy atom. The molecule has 0 unspecified atom stereocenters. The first kappa shape index (κ1) is 26.0. The molecule has 7 nitrogen and oxygen atoms in total. The van der Waals surface area contributed by atoms with Crippen LogP contribution in [0.3, 0.4) is 0 Å². The van der Waals surface area contributed by atoms with Crippen LogP contribution >= 0.6 is 0 Å². The molecule has 0 bridgehead atoms. The average molecular weight is 503 g/mol. The van der Waals surface area contributed by atoms with E-state index in [9.17, 15) is 18.8 Å². The molecular weight excluding hydrogens is 471 g/mol. The maximum Gasteiger partial charge on any atom is 0.254 e. The fraction of sp³-hybridized carbons (Fsp3) is 0.310. The van der Waals surface area contributed by atoms with E-state index in [2.05, 4.69) is 29.5 Å². The summed E-state index contributed by atoms with van der Waals surface area (Å²) in [7, 11) is 0. The molecule has 1 fully saturated rings. The first-order valence-electron chi connectivity index (χ1n) is 12.4. The molecule has 0 aliphatic carbocycles. The maximum absolute atomic E-state index is 14.6. The minimum atomic E-state index is -1.32. The summed E-state index contributed by atoms with van der Waals surface area (Å²) in [6.45, 7) is 5.39. The number of carbonyl (C=O) groups is 3. The predicted octanol–water partition coefficient (Wildman–Crippen LogP) is 4.62. The van der Waals surface area contributed by atoms with E-state index in [1.54, 1.807) is 0 Å². The van der Waals surface area contributed by atoms with Gasteiger partial charge in [0.1, 0.15) is 18.0 Å². The van der Waals surface area contributed by atoms with Crippen molar-refractivity contribution in [2.75, 3.05) is 11.9 Å². The molecular formula is C29H31FN4O3. The number of pyridine rings is 1. The fourth-order valence-electron chi connectivity index (χ4n) is 4.55. The van der Waals surface area contributed by atoms with E-state index in [1.165, 1.54) is 35.7 Å². The summed E-state index contributed by atoms with van der Waals surface area (Å²) in [5.41, 5.74) is 3.18. The number of benzene rings is 2. The Morgan fingerprint density at radius 1 is 0.973 bits per heavy atom. The quantitative estimate of drug-likeness (QED) is 0.493. The lowest BCUT2D eigenvalue weighted by molar-refractivity contribution is -0.125. The van der Waals surface area contributed by atoms with E-state index in [1.807, 2.05) is 54.6 Å². The molecule has 3 amide bonds. The second kappa shape index (κ2) is 11.3. The number of hydrogen-bond acceptors (Lipinski definition) is 4. The highest BCUT2D eigenvalue weighted by Crippen LogP contribution is 2.28. The van der Waals surface area contributed by atoms with Crippen LogP contribution in [0.2, 0.25) is 0 Å². The minimum Gasteiger partial charge on any atom is -0.343 e. The van der Waals surface area contributed by atoms with Crippen LogP contribution in [0.15, 0.2) is 72.9 Å². The van der Waals surface area contributed by atoms with E-state index < -0.39 is 30.1 Å². The standard InChI is InChI=1S/C29H31FN4O3/c1-18(2)20-9-11-22(12-10-20)27(21-7-5-4-6-8-21)33-28(36)25-16-24(30)17-34(25)29(37)23-13-14-31-26(15-23)32-19(3)35/h4-15,18,24-25,27H,16-17H2,1-3H3,(H,33,36)(H,31,32,35)/t24-,25+,27+/m1/s1. The molecule has 3 aromatic rings. The molecule has 0 radical (unpaired) electrons. The second-order valence-electron chi connectivity index (χ2n) is 9.59. The third-order valence-electron chi connectivity index (χ3n) is 6.48. The van der Waals surface area contributed by atoms with Gasteiger partial charge in [0, 0.05) is 25.1 Å². The van der Waals surface area contributed by atoms with Crippen molar-refractivity contribution >= 4 is 23.5 Å². The summed E-state index contributed by atoms with van der Waals surface area (Å²) in [6.07, 6.45) is -0.0189. The van der Waals surface area contributed by atoms with Crippen molar-refractivity contribution in [2.24, 2.45) is 0 Å². The van der Waals surface area contributed by atoms with Crippen molar-refractivity contribution in [3.05, 3.63) is 95.2 Å². The van der Waals surface area contributed by atoms with Gasteiger partial charge in [0.2, 0.25) is 11.8 Å². The van der Waals surface area contributed by atoms with E-state index in [0.29, 0.717) is 5.92 Å². The van der Waals surface area contributed by atoms with Crippen molar-refractivity contribution in [3.63, 3.8) is 0 Å². The van der Waals surface area contributed by atoms with Gasteiger partial charge < -0.3 is 15.5 Å². The number of rotatable bonds is 7. The minimum absolute atomic E-state index is 0.0883. The molecule has 2 aromatic carbocycles. The maximum atomic E-state index is 14.6. The Kier molecular flexibility index (Phi) is 7.96. The zero-order valence-electron chi connectivity index (χ0n) is 21.1. The summed E-state index contributed by atoms with van der Waals surface area (Å²) >= 11 is 0. The van der Waals surface area contributed by atoms with Crippen LogP contribution in [-0.2, 0) is 9.59 Å². The van der Waals surface area contributed by atoms with Crippen LogP contribution in [0.25, 0.3) is 0 Å². The van der Waals surface area contributed by atoms with Crippen LogP contribution in [-0.4, -0.2) is 46.4 Å². The Hall–Kier alpha value is -4.07. The Bertz CT molecular complexity index is 1260. The molecule has 1 aromatic heterocycles. The lowest BCUT2D eigenvalue weighted by Crippen LogP contribution is -2.47. The third-order valence-corrected chi connectivity index (χ3v) is 6.48.